The molecule has 3 heterocycles. The van der Waals surface area contributed by atoms with Crippen molar-refractivity contribution in [2.75, 3.05) is 31.2 Å². The molecule has 0 saturated carbocycles. The van der Waals surface area contributed by atoms with Crippen LogP contribution in [0.4, 0.5) is 5.82 Å². The second kappa shape index (κ2) is 9.01. The van der Waals surface area contributed by atoms with E-state index in [1.54, 1.807) is 30.5 Å². The first kappa shape index (κ1) is 20.6. The summed E-state index contributed by atoms with van der Waals surface area (Å²) in [5.74, 6) is 1.66. The number of allylic oxidation sites excluding steroid dienone is 1. The predicted molar refractivity (Wildman–Crippen MR) is 123 cm³/mol. The van der Waals surface area contributed by atoms with E-state index in [0.717, 1.165) is 34.7 Å². The number of benzene rings is 1. The van der Waals surface area contributed by atoms with Crippen LogP contribution in [0.2, 0.25) is 0 Å². The maximum Gasteiger partial charge on any atom is 0.265 e. The number of nitrogens with one attached hydrogen (secondary N) is 2. The standard InChI is InChI=1S/C21H20BrN5O2S/c1-27-10-9-23-19(27)13-2-4-14(5-3-13)20(28)25-16-8-11-30-18(16)21(29)26-17-7-6-15(22)12-24-17/h2-7,12H,8-11H2,1H3,(H,25,28)(H,24,26,29). The second-order valence-corrected chi connectivity index (χ2v) is 8.90. The molecule has 1 aromatic carbocycles. The molecule has 0 atom stereocenters. The van der Waals surface area contributed by atoms with E-state index in [0.29, 0.717) is 28.4 Å². The zero-order valence-electron chi connectivity index (χ0n) is 16.3. The van der Waals surface area contributed by atoms with Crippen LogP contribution < -0.4 is 10.6 Å². The number of carbonyl (C=O) groups excluding carboxylic acids is 2. The van der Waals surface area contributed by atoms with E-state index >= 15 is 0 Å². The molecule has 0 bridgehead atoms. The molecule has 2 amide bonds. The van der Waals surface area contributed by atoms with Crippen molar-refractivity contribution in [3.63, 3.8) is 0 Å². The van der Waals surface area contributed by atoms with Gasteiger partial charge in [-0.1, -0.05) is 12.1 Å². The number of halogens is 1. The van der Waals surface area contributed by atoms with Crippen LogP contribution in [-0.2, 0) is 4.79 Å². The number of hydrogen-bond donors (Lipinski definition) is 2. The highest BCUT2D eigenvalue weighted by atomic mass is 79.9. The molecular weight excluding hydrogens is 466 g/mol. The molecule has 2 aliphatic heterocycles. The Hall–Kier alpha value is -2.65. The Balaban J connectivity index is 1.44. The van der Waals surface area contributed by atoms with E-state index < -0.39 is 0 Å². The lowest BCUT2D eigenvalue weighted by molar-refractivity contribution is -0.112. The van der Waals surface area contributed by atoms with E-state index in [9.17, 15) is 9.59 Å². The van der Waals surface area contributed by atoms with E-state index in [4.69, 9.17) is 0 Å². The first-order valence-corrected chi connectivity index (χ1v) is 11.3. The van der Waals surface area contributed by atoms with Crippen LogP contribution >= 0.6 is 27.7 Å². The van der Waals surface area contributed by atoms with Crippen molar-refractivity contribution in [3.8, 4) is 0 Å². The fourth-order valence-electron chi connectivity index (χ4n) is 3.22. The quantitative estimate of drug-likeness (QED) is 0.678. The van der Waals surface area contributed by atoms with Crippen LogP contribution in [0, 0.1) is 0 Å². The number of anilines is 1. The number of carbonyl (C=O) groups is 2. The van der Waals surface area contributed by atoms with Gasteiger partial charge in [0.25, 0.3) is 11.8 Å². The molecule has 4 rings (SSSR count). The third-order valence-corrected chi connectivity index (χ3v) is 6.37. The number of aromatic nitrogens is 1. The average Bonchev–Trinajstić information content (AvgIpc) is 3.38. The van der Waals surface area contributed by atoms with Gasteiger partial charge < -0.3 is 15.5 Å². The SMILES string of the molecule is CN1CCN=C1c1ccc(C(=O)NC2=C(C(=O)Nc3ccc(Br)cn3)SCC2)cc1. The number of rotatable bonds is 5. The Morgan fingerprint density at radius 2 is 1.90 bits per heavy atom. The minimum atomic E-state index is -0.264. The third-order valence-electron chi connectivity index (χ3n) is 4.78. The van der Waals surface area contributed by atoms with Crippen LogP contribution in [0.25, 0.3) is 0 Å². The van der Waals surface area contributed by atoms with E-state index in [-0.39, 0.29) is 11.8 Å². The first-order chi connectivity index (χ1) is 14.5. The van der Waals surface area contributed by atoms with Gasteiger partial charge in [-0.3, -0.25) is 14.6 Å². The van der Waals surface area contributed by atoms with Gasteiger partial charge in [-0.25, -0.2) is 4.98 Å². The van der Waals surface area contributed by atoms with Gasteiger partial charge in [0.2, 0.25) is 0 Å². The highest BCUT2D eigenvalue weighted by Crippen LogP contribution is 2.31. The van der Waals surface area contributed by atoms with Crippen molar-refractivity contribution in [2.24, 2.45) is 4.99 Å². The number of thioether (sulfide) groups is 1. The summed E-state index contributed by atoms with van der Waals surface area (Å²) in [5.41, 5.74) is 2.17. The molecule has 0 unspecified atom stereocenters. The summed E-state index contributed by atoms with van der Waals surface area (Å²) in [5, 5.41) is 5.69. The molecule has 9 heteroatoms. The van der Waals surface area contributed by atoms with Crippen molar-refractivity contribution in [2.45, 2.75) is 6.42 Å². The number of aliphatic imine (C=N–C) groups is 1. The fraction of sp³-hybridized carbons (Fsp3) is 0.238. The molecule has 154 valence electrons. The summed E-state index contributed by atoms with van der Waals surface area (Å²) >= 11 is 4.75. The van der Waals surface area contributed by atoms with Gasteiger partial charge in [0.05, 0.1) is 11.4 Å². The average molecular weight is 486 g/mol. The summed E-state index contributed by atoms with van der Waals surface area (Å²) in [6, 6.07) is 10.9. The van der Waals surface area contributed by atoms with Gasteiger partial charge in [0.15, 0.2) is 0 Å². The van der Waals surface area contributed by atoms with Gasteiger partial charge in [-0.05, 0) is 46.6 Å². The molecule has 0 saturated heterocycles. The Bertz CT molecular complexity index is 1030. The van der Waals surface area contributed by atoms with Crippen LogP contribution in [0.5, 0.6) is 0 Å². The van der Waals surface area contributed by atoms with Gasteiger partial charge in [-0.2, -0.15) is 0 Å². The molecular formula is C21H20BrN5O2S. The van der Waals surface area contributed by atoms with Crippen molar-refractivity contribution in [3.05, 3.63) is 68.8 Å². The lowest BCUT2D eigenvalue weighted by Gasteiger charge is -2.14. The Morgan fingerprint density at radius 3 is 2.57 bits per heavy atom. The number of pyridine rings is 1. The number of nitrogens with zero attached hydrogens (tertiary/aromatic N) is 3. The monoisotopic (exact) mass is 485 g/mol. The molecule has 0 fully saturated rings. The lowest BCUT2D eigenvalue weighted by Crippen LogP contribution is -2.26. The molecule has 1 aromatic heterocycles. The summed E-state index contributed by atoms with van der Waals surface area (Å²) in [6.45, 7) is 1.70. The Labute approximate surface area is 187 Å². The molecule has 7 nitrogen and oxygen atoms in total. The van der Waals surface area contributed by atoms with Gasteiger partial charge >= 0.3 is 0 Å². The van der Waals surface area contributed by atoms with Crippen molar-refractivity contribution in [1.82, 2.24) is 15.2 Å². The minimum absolute atomic E-state index is 0.229. The van der Waals surface area contributed by atoms with Gasteiger partial charge in [0.1, 0.15) is 11.7 Å². The summed E-state index contributed by atoms with van der Waals surface area (Å²) in [7, 11) is 2.01. The number of likely N-dealkylation sites (N-methyl/N-ethyl adjacent to an activating group) is 1. The molecule has 2 N–H and O–H groups in total. The number of hydrogen-bond acceptors (Lipinski definition) is 6. The predicted octanol–water partition coefficient (Wildman–Crippen LogP) is 3.25. The molecule has 0 spiro atoms. The number of amides is 2. The smallest absolute Gasteiger partial charge is 0.265 e. The second-order valence-electron chi connectivity index (χ2n) is 6.88. The van der Waals surface area contributed by atoms with E-state index in [1.807, 2.05) is 19.2 Å². The summed E-state index contributed by atoms with van der Waals surface area (Å²) in [6.07, 6.45) is 2.25. The van der Waals surface area contributed by atoms with Gasteiger partial charge in [-0.15, -0.1) is 11.8 Å². The maximum atomic E-state index is 12.7. The van der Waals surface area contributed by atoms with E-state index in [1.165, 1.54) is 11.8 Å². The van der Waals surface area contributed by atoms with Crippen LogP contribution in [0.1, 0.15) is 22.3 Å². The van der Waals surface area contributed by atoms with Crippen LogP contribution in [0.3, 0.4) is 0 Å². The lowest BCUT2D eigenvalue weighted by atomic mass is 10.1. The fourth-order valence-corrected chi connectivity index (χ4v) is 4.48. The zero-order valence-corrected chi connectivity index (χ0v) is 18.7. The number of amidine groups is 1. The van der Waals surface area contributed by atoms with Crippen LogP contribution in [-0.4, -0.2) is 53.4 Å². The molecule has 2 aliphatic rings. The largest absolute Gasteiger partial charge is 0.358 e. The topological polar surface area (TPSA) is 86.7 Å². The van der Waals surface area contributed by atoms with Gasteiger partial charge in [0, 0.05) is 46.8 Å². The molecule has 0 aliphatic carbocycles. The highest BCUT2D eigenvalue weighted by Gasteiger charge is 2.24. The van der Waals surface area contributed by atoms with Crippen molar-refractivity contribution < 1.29 is 9.59 Å². The Kier molecular flexibility index (Phi) is 6.19. The zero-order chi connectivity index (χ0) is 21.1. The molecule has 0 radical (unpaired) electrons. The molecule has 30 heavy (non-hydrogen) atoms. The first-order valence-electron chi connectivity index (χ1n) is 9.47. The molecule has 2 aromatic rings. The normalized spacial score (nSPS) is 15.9. The summed E-state index contributed by atoms with van der Waals surface area (Å²) in [4.78, 5) is 36.6. The van der Waals surface area contributed by atoms with Crippen molar-refractivity contribution in [1.29, 1.82) is 0 Å². The van der Waals surface area contributed by atoms with Crippen LogP contribution in [0.15, 0.2) is 62.7 Å². The third kappa shape index (κ3) is 4.57. The van der Waals surface area contributed by atoms with Crippen molar-refractivity contribution >= 4 is 51.2 Å². The van der Waals surface area contributed by atoms with E-state index in [2.05, 4.69) is 41.4 Å². The maximum absolute atomic E-state index is 12.7. The minimum Gasteiger partial charge on any atom is -0.358 e. The highest BCUT2D eigenvalue weighted by molar-refractivity contribution is 9.10. The summed E-state index contributed by atoms with van der Waals surface area (Å²) < 4.78 is 0.834. The Morgan fingerprint density at radius 1 is 1.10 bits per heavy atom.